The molecule has 0 fully saturated rings. The van der Waals surface area contributed by atoms with Gasteiger partial charge in [-0.05, 0) is 5.56 Å². The molecule has 0 aliphatic rings. The zero-order valence-electron chi connectivity index (χ0n) is 7.37. The van der Waals surface area contributed by atoms with Gasteiger partial charge in [-0.25, -0.2) is 0 Å². The quantitative estimate of drug-likeness (QED) is 0.764. The van der Waals surface area contributed by atoms with Crippen molar-refractivity contribution in [3.05, 3.63) is 35.9 Å². The van der Waals surface area contributed by atoms with Crippen LogP contribution in [0.25, 0.3) is 0 Å². The van der Waals surface area contributed by atoms with Crippen LogP contribution in [0.15, 0.2) is 30.3 Å². The highest BCUT2D eigenvalue weighted by molar-refractivity contribution is 7.91. The van der Waals surface area contributed by atoms with Crippen LogP contribution in [0.2, 0.25) is 0 Å². The Labute approximate surface area is 84.6 Å². The van der Waals surface area contributed by atoms with Crippen LogP contribution < -0.4 is 0 Å². The summed E-state index contributed by atoms with van der Waals surface area (Å²) in [5.41, 5.74) is 0.251. The smallest absolute Gasteiger partial charge is 0.324 e. The van der Waals surface area contributed by atoms with E-state index in [0.717, 1.165) is 5.56 Å². The van der Waals surface area contributed by atoms with E-state index in [-0.39, 0.29) is 5.75 Å². The number of hydrogen-bond donors (Lipinski definition) is 2. The Morgan fingerprint density at radius 2 is 1.79 bits per heavy atom. The van der Waals surface area contributed by atoms with Crippen LogP contribution >= 0.6 is 7.60 Å². The summed E-state index contributed by atoms with van der Waals surface area (Å²) in [5.74, 6) is 0.186. The molecule has 14 heavy (non-hydrogen) atoms. The molecule has 0 bridgehead atoms. The lowest BCUT2D eigenvalue weighted by Gasteiger charge is -2.03. The first-order chi connectivity index (χ1) is 6.47. The van der Waals surface area contributed by atoms with Crippen LogP contribution in [0.4, 0.5) is 0 Å². The highest BCUT2D eigenvalue weighted by atomic mass is 32.2. The van der Waals surface area contributed by atoms with Crippen molar-refractivity contribution in [1.29, 1.82) is 0 Å². The molecule has 0 aliphatic carbocycles. The molecule has 1 atom stereocenters. The zero-order chi connectivity index (χ0) is 10.6. The van der Waals surface area contributed by atoms with Crippen LogP contribution in [0.1, 0.15) is 5.56 Å². The first kappa shape index (κ1) is 11.6. The minimum atomic E-state index is -4.16. The summed E-state index contributed by atoms with van der Waals surface area (Å²) in [7, 11) is -5.66. The van der Waals surface area contributed by atoms with Crippen LogP contribution in [0, 0.1) is 0 Å². The van der Waals surface area contributed by atoms with Gasteiger partial charge in [-0.2, -0.15) is 0 Å². The van der Waals surface area contributed by atoms with Gasteiger partial charge in [0, 0.05) is 16.6 Å². The number of hydrogen-bond acceptors (Lipinski definition) is 2. The van der Waals surface area contributed by atoms with Gasteiger partial charge in [-0.15, -0.1) is 0 Å². The van der Waals surface area contributed by atoms with E-state index in [1.165, 1.54) is 0 Å². The number of rotatable bonds is 4. The summed E-state index contributed by atoms with van der Waals surface area (Å²) >= 11 is 0. The lowest BCUT2D eigenvalue weighted by Crippen LogP contribution is -2.01. The van der Waals surface area contributed by atoms with E-state index in [9.17, 15) is 8.77 Å². The third kappa shape index (κ3) is 4.67. The van der Waals surface area contributed by atoms with Crippen LogP contribution in [0.5, 0.6) is 0 Å². The fourth-order valence-electron chi connectivity index (χ4n) is 0.993. The Morgan fingerprint density at radius 1 is 1.21 bits per heavy atom. The molecule has 0 saturated carbocycles. The van der Waals surface area contributed by atoms with Crippen molar-refractivity contribution in [3.8, 4) is 0 Å². The minimum Gasteiger partial charge on any atom is -0.324 e. The van der Waals surface area contributed by atoms with Crippen molar-refractivity contribution >= 4 is 18.4 Å². The van der Waals surface area contributed by atoms with Gasteiger partial charge in [0.15, 0.2) is 0 Å². The van der Waals surface area contributed by atoms with Crippen LogP contribution in [-0.4, -0.2) is 19.5 Å². The van der Waals surface area contributed by atoms with E-state index >= 15 is 0 Å². The molecule has 1 aromatic carbocycles. The second kappa shape index (κ2) is 4.84. The van der Waals surface area contributed by atoms with Crippen molar-refractivity contribution in [2.75, 3.05) is 5.49 Å². The Balaban J connectivity index is 2.55. The first-order valence-electron chi connectivity index (χ1n) is 3.91. The van der Waals surface area contributed by atoms with E-state index in [4.69, 9.17) is 9.79 Å². The molecule has 0 amide bonds. The van der Waals surface area contributed by atoms with Crippen molar-refractivity contribution in [1.82, 2.24) is 0 Å². The SMILES string of the molecule is O=S(Cc1ccccc1)CP(=O)(O)O. The summed E-state index contributed by atoms with van der Waals surface area (Å²) in [6.45, 7) is 0. The molecule has 0 saturated heterocycles. The maximum absolute atomic E-state index is 11.2. The van der Waals surface area contributed by atoms with E-state index in [0.29, 0.717) is 0 Å². The van der Waals surface area contributed by atoms with Gasteiger partial charge in [0.2, 0.25) is 0 Å². The predicted molar refractivity (Wildman–Crippen MR) is 55.2 cm³/mol. The second-order valence-electron chi connectivity index (χ2n) is 2.86. The molecular formula is C8H11O4PS. The Kier molecular flexibility index (Phi) is 4.01. The van der Waals surface area contributed by atoms with E-state index < -0.39 is 23.9 Å². The minimum absolute atomic E-state index is 0.186. The molecule has 2 N–H and O–H groups in total. The average molecular weight is 234 g/mol. The summed E-state index contributed by atoms with van der Waals surface area (Å²) < 4.78 is 21.8. The van der Waals surface area contributed by atoms with Gasteiger partial charge in [0.05, 0.1) is 0 Å². The van der Waals surface area contributed by atoms with Crippen molar-refractivity contribution in [2.45, 2.75) is 5.75 Å². The normalized spacial score (nSPS) is 13.9. The average Bonchev–Trinajstić information content (AvgIpc) is 2.02. The van der Waals surface area contributed by atoms with Crippen LogP contribution in [-0.2, 0) is 21.1 Å². The Hall–Kier alpha value is -0.480. The van der Waals surface area contributed by atoms with Crippen molar-refractivity contribution in [2.24, 2.45) is 0 Å². The van der Waals surface area contributed by atoms with Gasteiger partial charge in [-0.3, -0.25) is 8.77 Å². The van der Waals surface area contributed by atoms with Gasteiger partial charge in [0.25, 0.3) is 0 Å². The molecule has 1 unspecified atom stereocenters. The van der Waals surface area contributed by atoms with Gasteiger partial charge in [-0.1, -0.05) is 30.3 Å². The fourth-order valence-corrected chi connectivity index (χ4v) is 3.42. The highest BCUT2D eigenvalue weighted by Gasteiger charge is 2.17. The molecule has 0 heterocycles. The van der Waals surface area contributed by atoms with E-state index in [2.05, 4.69) is 0 Å². The molecular weight excluding hydrogens is 223 g/mol. The van der Waals surface area contributed by atoms with E-state index in [1.807, 2.05) is 6.07 Å². The Bertz CT molecular complexity index is 359. The largest absolute Gasteiger partial charge is 0.337 e. The van der Waals surface area contributed by atoms with E-state index in [1.54, 1.807) is 24.3 Å². The highest BCUT2D eigenvalue weighted by Crippen LogP contribution is 2.35. The fraction of sp³-hybridized carbons (Fsp3) is 0.250. The summed E-state index contributed by atoms with van der Waals surface area (Å²) in [6.07, 6.45) is 0. The maximum atomic E-state index is 11.2. The monoisotopic (exact) mass is 234 g/mol. The van der Waals surface area contributed by atoms with Gasteiger partial charge in [0.1, 0.15) is 5.49 Å². The molecule has 6 heteroatoms. The Morgan fingerprint density at radius 3 is 2.29 bits per heavy atom. The van der Waals surface area contributed by atoms with Crippen LogP contribution in [0.3, 0.4) is 0 Å². The molecule has 78 valence electrons. The van der Waals surface area contributed by atoms with Gasteiger partial charge >= 0.3 is 7.60 Å². The first-order valence-corrected chi connectivity index (χ1v) is 7.19. The van der Waals surface area contributed by atoms with Crippen molar-refractivity contribution < 1.29 is 18.6 Å². The lowest BCUT2D eigenvalue weighted by molar-refractivity contribution is 0.379. The molecule has 0 aromatic heterocycles. The zero-order valence-corrected chi connectivity index (χ0v) is 9.08. The summed E-state index contributed by atoms with van der Waals surface area (Å²) in [4.78, 5) is 17.2. The molecule has 1 rings (SSSR count). The molecule has 0 aliphatic heterocycles. The molecule has 0 spiro atoms. The van der Waals surface area contributed by atoms with Gasteiger partial charge < -0.3 is 9.79 Å². The second-order valence-corrected chi connectivity index (χ2v) is 6.39. The topological polar surface area (TPSA) is 74.6 Å². The third-order valence-electron chi connectivity index (χ3n) is 1.48. The molecule has 0 radical (unpaired) electrons. The standard InChI is InChI=1S/C8H11O4PS/c9-13(10,11)7-14(12)6-8-4-2-1-3-5-8/h1-5H,6-7H2,(H2,9,10,11). The molecule has 1 aromatic rings. The maximum Gasteiger partial charge on any atom is 0.337 e. The molecule has 4 nitrogen and oxygen atoms in total. The third-order valence-corrected chi connectivity index (χ3v) is 4.64. The predicted octanol–water partition coefficient (Wildman–Crippen LogP) is 1.07. The summed E-state index contributed by atoms with van der Waals surface area (Å²) in [5, 5.41) is 0. The lowest BCUT2D eigenvalue weighted by atomic mass is 10.2. The summed E-state index contributed by atoms with van der Waals surface area (Å²) in [6, 6.07) is 8.97. The number of benzene rings is 1. The van der Waals surface area contributed by atoms with Crippen molar-refractivity contribution in [3.63, 3.8) is 0 Å².